The van der Waals surface area contributed by atoms with Crippen LogP contribution in [0.25, 0.3) is 0 Å². The molecule has 1 atom stereocenters. The molecule has 0 bridgehead atoms. The minimum absolute atomic E-state index is 0.583. The van der Waals surface area contributed by atoms with Crippen LogP contribution in [0.2, 0.25) is 0 Å². The van der Waals surface area contributed by atoms with Crippen molar-refractivity contribution in [1.29, 1.82) is 0 Å². The average Bonchev–Trinajstić information content (AvgIpc) is 3.05. The van der Waals surface area contributed by atoms with Gasteiger partial charge in [-0.2, -0.15) is 0 Å². The van der Waals surface area contributed by atoms with E-state index < -0.39 is 0 Å². The molecule has 0 spiro atoms. The van der Waals surface area contributed by atoms with Crippen LogP contribution in [0.4, 0.5) is 0 Å². The van der Waals surface area contributed by atoms with E-state index in [-0.39, 0.29) is 0 Å². The van der Waals surface area contributed by atoms with E-state index in [1.54, 1.807) is 0 Å². The molecule has 0 heterocycles. The zero-order valence-corrected chi connectivity index (χ0v) is 11.5. The van der Waals surface area contributed by atoms with Crippen LogP contribution in [0.15, 0.2) is 28.7 Å². The lowest BCUT2D eigenvalue weighted by atomic mass is 10.1. The smallest absolute Gasteiger partial charge is 0.0175 e. The summed E-state index contributed by atoms with van der Waals surface area (Å²) >= 11 is 3.46. The summed E-state index contributed by atoms with van der Waals surface area (Å²) in [4.78, 5) is 0. The third kappa shape index (κ3) is 4.26. The van der Waals surface area contributed by atoms with Crippen molar-refractivity contribution < 1.29 is 0 Å². The van der Waals surface area contributed by atoms with Gasteiger partial charge in [0.25, 0.3) is 0 Å². The van der Waals surface area contributed by atoms with Gasteiger partial charge < -0.3 is 5.32 Å². The van der Waals surface area contributed by atoms with Gasteiger partial charge in [-0.05, 0) is 49.9 Å². The first-order valence-corrected chi connectivity index (χ1v) is 7.01. The monoisotopic (exact) mass is 281 g/mol. The van der Waals surface area contributed by atoms with Gasteiger partial charge in [-0.1, -0.05) is 40.9 Å². The van der Waals surface area contributed by atoms with Gasteiger partial charge in [0.1, 0.15) is 0 Å². The fourth-order valence-electron chi connectivity index (χ4n) is 1.99. The summed E-state index contributed by atoms with van der Waals surface area (Å²) in [6.45, 7) is 3.46. The molecule has 2 rings (SSSR count). The fraction of sp³-hybridized carbons (Fsp3) is 0.571. The molecule has 1 aromatic rings. The lowest BCUT2D eigenvalue weighted by Gasteiger charge is -2.13. The van der Waals surface area contributed by atoms with Gasteiger partial charge in [-0.3, -0.25) is 0 Å². The molecular formula is C14H20BrN. The molecule has 1 aliphatic carbocycles. The Hall–Kier alpha value is -0.340. The fourth-order valence-corrected chi connectivity index (χ4v) is 2.25. The number of rotatable bonds is 6. The maximum absolute atomic E-state index is 3.61. The Morgan fingerprint density at radius 2 is 2.00 bits per heavy atom. The van der Waals surface area contributed by atoms with E-state index in [2.05, 4.69) is 52.4 Å². The van der Waals surface area contributed by atoms with E-state index in [1.807, 2.05) is 0 Å². The largest absolute Gasteiger partial charge is 0.314 e. The highest BCUT2D eigenvalue weighted by atomic mass is 79.9. The summed E-state index contributed by atoms with van der Waals surface area (Å²) in [7, 11) is 0. The van der Waals surface area contributed by atoms with Crippen molar-refractivity contribution in [3.63, 3.8) is 0 Å². The van der Waals surface area contributed by atoms with Gasteiger partial charge in [0.2, 0.25) is 0 Å². The first kappa shape index (κ1) is 12.1. The van der Waals surface area contributed by atoms with Crippen LogP contribution in [-0.4, -0.2) is 12.6 Å². The number of benzene rings is 1. The predicted octanol–water partition coefficient (Wildman–Crippen LogP) is 3.77. The molecule has 2 heteroatoms. The molecule has 16 heavy (non-hydrogen) atoms. The van der Waals surface area contributed by atoms with Gasteiger partial charge in [-0.25, -0.2) is 0 Å². The van der Waals surface area contributed by atoms with Crippen molar-refractivity contribution >= 4 is 15.9 Å². The van der Waals surface area contributed by atoms with Gasteiger partial charge in [0, 0.05) is 10.5 Å². The lowest BCUT2D eigenvalue weighted by Crippen LogP contribution is -2.29. The molecule has 1 fully saturated rings. The number of hydrogen-bond acceptors (Lipinski definition) is 1. The Labute approximate surface area is 107 Å². The van der Waals surface area contributed by atoms with Gasteiger partial charge in [-0.15, -0.1) is 0 Å². The second-order valence-corrected chi connectivity index (χ2v) is 5.83. The Morgan fingerprint density at radius 1 is 1.31 bits per heavy atom. The first-order chi connectivity index (χ1) is 7.74. The zero-order valence-electron chi connectivity index (χ0n) is 9.88. The molecule has 0 radical (unpaired) electrons. The zero-order chi connectivity index (χ0) is 11.4. The van der Waals surface area contributed by atoms with Crippen molar-refractivity contribution in [2.24, 2.45) is 5.92 Å². The van der Waals surface area contributed by atoms with Gasteiger partial charge in [0.15, 0.2) is 0 Å². The van der Waals surface area contributed by atoms with Crippen molar-refractivity contribution in [2.75, 3.05) is 6.54 Å². The minimum atomic E-state index is 0.583. The van der Waals surface area contributed by atoms with E-state index in [0.29, 0.717) is 6.04 Å². The molecule has 1 nitrogen and oxygen atoms in total. The van der Waals surface area contributed by atoms with E-state index >= 15 is 0 Å². The summed E-state index contributed by atoms with van der Waals surface area (Å²) in [5, 5.41) is 3.61. The molecule has 0 amide bonds. The lowest BCUT2D eigenvalue weighted by molar-refractivity contribution is 0.519. The number of hydrogen-bond donors (Lipinski definition) is 1. The van der Waals surface area contributed by atoms with E-state index in [4.69, 9.17) is 0 Å². The van der Waals surface area contributed by atoms with Crippen LogP contribution in [0.3, 0.4) is 0 Å². The Morgan fingerprint density at radius 3 is 2.62 bits per heavy atom. The maximum atomic E-state index is 3.61. The summed E-state index contributed by atoms with van der Waals surface area (Å²) in [6.07, 6.45) is 5.41. The maximum Gasteiger partial charge on any atom is 0.0175 e. The van der Waals surface area contributed by atoms with Crippen LogP contribution in [0.5, 0.6) is 0 Å². The van der Waals surface area contributed by atoms with Gasteiger partial charge in [0.05, 0.1) is 0 Å². The summed E-state index contributed by atoms with van der Waals surface area (Å²) < 4.78 is 1.16. The Bertz CT molecular complexity index is 316. The molecule has 1 unspecified atom stereocenters. The van der Waals surface area contributed by atoms with Crippen LogP contribution in [0.1, 0.15) is 31.7 Å². The highest BCUT2D eigenvalue weighted by Gasteiger charge is 2.20. The normalized spacial score (nSPS) is 17.4. The van der Waals surface area contributed by atoms with E-state index in [1.165, 1.54) is 31.4 Å². The molecule has 1 saturated carbocycles. The number of nitrogens with one attached hydrogen (secondary N) is 1. The summed E-state index contributed by atoms with van der Waals surface area (Å²) in [5.74, 6) is 1.03. The molecule has 88 valence electrons. The molecule has 1 aliphatic rings. The van der Waals surface area contributed by atoms with Gasteiger partial charge >= 0.3 is 0 Å². The van der Waals surface area contributed by atoms with Crippen LogP contribution in [0, 0.1) is 5.92 Å². The SMILES string of the molecule is CC(Cc1ccc(Br)cc1)NCCC1CC1. The minimum Gasteiger partial charge on any atom is -0.314 e. The quantitative estimate of drug-likeness (QED) is 0.837. The van der Waals surface area contributed by atoms with E-state index in [0.717, 1.165) is 16.8 Å². The highest BCUT2D eigenvalue weighted by Crippen LogP contribution is 2.31. The van der Waals surface area contributed by atoms with Crippen LogP contribution < -0.4 is 5.32 Å². The van der Waals surface area contributed by atoms with Crippen LogP contribution >= 0.6 is 15.9 Å². The molecular weight excluding hydrogens is 262 g/mol. The highest BCUT2D eigenvalue weighted by molar-refractivity contribution is 9.10. The molecule has 0 saturated heterocycles. The van der Waals surface area contributed by atoms with Crippen molar-refractivity contribution in [3.05, 3.63) is 34.3 Å². The molecule has 0 aliphatic heterocycles. The summed E-state index contributed by atoms with van der Waals surface area (Å²) in [5.41, 5.74) is 1.41. The standard InChI is InChI=1S/C14H20BrN/c1-11(16-9-8-12-2-3-12)10-13-4-6-14(15)7-5-13/h4-7,11-12,16H,2-3,8-10H2,1H3. The van der Waals surface area contributed by atoms with Crippen molar-refractivity contribution in [3.8, 4) is 0 Å². The predicted molar refractivity (Wildman–Crippen MR) is 72.7 cm³/mol. The second kappa shape index (κ2) is 5.83. The average molecular weight is 282 g/mol. The number of halogens is 1. The van der Waals surface area contributed by atoms with Crippen molar-refractivity contribution in [1.82, 2.24) is 5.32 Å². The topological polar surface area (TPSA) is 12.0 Å². The second-order valence-electron chi connectivity index (χ2n) is 4.92. The molecule has 1 aromatic carbocycles. The molecule has 1 N–H and O–H groups in total. The molecule has 0 aromatic heterocycles. The van der Waals surface area contributed by atoms with E-state index in [9.17, 15) is 0 Å². The third-order valence-electron chi connectivity index (χ3n) is 3.20. The summed E-state index contributed by atoms with van der Waals surface area (Å²) in [6, 6.07) is 9.21. The van der Waals surface area contributed by atoms with Crippen LogP contribution in [-0.2, 0) is 6.42 Å². The third-order valence-corrected chi connectivity index (χ3v) is 3.73. The Balaban J connectivity index is 1.68. The van der Waals surface area contributed by atoms with Crippen molar-refractivity contribution in [2.45, 2.75) is 38.6 Å². The first-order valence-electron chi connectivity index (χ1n) is 6.22. The Kier molecular flexibility index (Phi) is 4.42.